The summed E-state index contributed by atoms with van der Waals surface area (Å²) >= 11 is 1.24. The molecule has 39 heavy (non-hydrogen) atoms. The summed E-state index contributed by atoms with van der Waals surface area (Å²) in [5, 5.41) is 13.0. The first-order valence-electron chi connectivity index (χ1n) is 12.4. The van der Waals surface area contributed by atoms with Gasteiger partial charge in [-0.2, -0.15) is 0 Å². The summed E-state index contributed by atoms with van der Waals surface area (Å²) in [6, 6.07) is 23.5. The number of ketones is 1. The largest absolute Gasteiger partial charge is 0.503 e. The number of rotatable bonds is 10. The number of carbonyl (C=O) groups is 2. The molecule has 5 rings (SSSR count). The van der Waals surface area contributed by atoms with E-state index in [1.165, 1.54) is 22.3 Å². The molecule has 1 aliphatic rings. The van der Waals surface area contributed by atoms with Gasteiger partial charge in [0, 0.05) is 11.6 Å². The predicted octanol–water partition coefficient (Wildman–Crippen LogP) is 6.30. The third-order valence-corrected chi connectivity index (χ3v) is 6.92. The van der Waals surface area contributed by atoms with Crippen LogP contribution in [0.25, 0.3) is 6.08 Å². The van der Waals surface area contributed by atoms with Crippen molar-refractivity contribution in [2.75, 3.05) is 11.5 Å². The Bertz CT molecular complexity index is 1520. The number of nitrogens with zero attached hydrogens (tertiary/aromatic N) is 2. The summed E-state index contributed by atoms with van der Waals surface area (Å²) in [7, 11) is 0. The summed E-state index contributed by atoms with van der Waals surface area (Å²) in [6.45, 7) is 2.60. The van der Waals surface area contributed by atoms with Crippen molar-refractivity contribution in [3.8, 4) is 11.5 Å². The van der Waals surface area contributed by atoms with Crippen LogP contribution in [0.4, 0.5) is 5.13 Å². The van der Waals surface area contributed by atoms with Gasteiger partial charge in [0.15, 0.2) is 28.2 Å². The lowest BCUT2D eigenvalue weighted by molar-refractivity contribution is -0.117. The second kappa shape index (κ2) is 11.8. The van der Waals surface area contributed by atoms with Crippen molar-refractivity contribution >= 4 is 34.2 Å². The maximum Gasteiger partial charge on any atom is 0.296 e. The van der Waals surface area contributed by atoms with Crippen LogP contribution in [0.1, 0.15) is 29.7 Å². The molecule has 1 unspecified atom stereocenters. The van der Waals surface area contributed by atoms with E-state index in [1.54, 1.807) is 35.9 Å². The molecule has 196 valence electrons. The van der Waals surface area contributed by atoms with Crippen molar-refractivity contribution in [3.63, 3.8) is 0 Å². The fourth-order valence-electron chi connectivity index (χ4n) is 4.35. The molecular formula is C31H26N2O5S. The summed E-state index contributed by atoms with van der Waals surface area (Å²) < 4.78 is 11.9. The molecule has 4 aromatic rings. The van der Waals surface area contributed by atoms with Crippen LogP contribution < -0.4 is 14.4 Å². The Hall–Kier alpha value is -4.69. The van der Waals surface area contributed by atoms with E-state index < -0.39 is 23.5 Å². The lowest BCUT2D eigenvalue weighted by Crippen LogP contribution is -2.30. The Morgan fingerprint density at radius 1 is 1.03 bits per heavy atom. The van der Waals surface area contributed by atoms with Gasteiger partial charge in [-0.15, -0.1) is 11.3 Å². The van der Waals surface area contributed by atoms with Crippen LogP contribution >= 0.6 is 11.3 Å². The molecule has 8 heteroatoms. The first kappa shape index (κ1) is 25.9. The van der Waals surface area contributed by atoms with Crippen LogP contribution in [-0.2, 0) is 16.2 Å². The van der Waals surface area contributed by atoms with Crippen LogP contribution in [0.3, 0.4) is 0 Å². The van der Waals surface area contributed by atoms with Crippen molar-refractivity contribution < 1.29 is 24.2 Å². The van der Waals surface area contributed by atoms with Crippen LogP contribution in [0, 0.1) is 0 Å². The van der Waals surface area contributed by atoms with Crippen molar-refractivity contribution in [3.05, 3.63) is 125 Å². The zero-order valence-electron chi connectivity index (χ0n) is 21.2. The van der Waals surface area contributed by atoms with Crippen molar-refractivity contribution in [2.45, 2.75) is 19.6 Å². The average molecular weight is 539 g/mol. The number of benzene rings is 3. The molecule has 1 aliphatic heterocycles. The smallest absolute Gasteiger partial charge is 0.296 e. The SMILES string of the molecule is CCOc1cc(C2C(C(=O)/C=C/c3ccccc3)=C(O)C(=O)N2c2nccs2)ccc1OCc1ccccc1. The van der Waals surface area contributed by atoms with Gasteiger partial charge in [0.2, 0.25) is 0 Å². The molecule has 0 fully saturated rings. The Kier molecular flexibility index (Phi) is 7.84. The van der Waals surface area contributed by atoms with Gasteiger partial charge < -0.3 is 14.6 Å². The minimum absolute atomic E-state index is 0.0252. The van der Waals surface area contributed by atoms with Gasteiger partial charge in [-0.05, 0) is 41.8 Å². The minimum atomic E-state index is -0.904. The van der Waals surface area contributed by atoms with E-state index in [0.29, 0.717) is 35.4 Å². The highest BCUT2D eigenvalue weighted by Crippen LogP contribution is 2.44. The number of allylic oxidation sites excluding steroid dienone is 1. The quantitative estimate of drug-likeness (QED) is 0.238. The third kappa shape index (κ3) is 5.61. The summed E-state index contributed by atoms with van der Waals surface area (Å²) in [5.41, 5.74) is 2.38. The molecule has 1 N–H and O–H groups in total. The van der Waals surface area contributed by atoms with Crippen molar-refractivity contribution in [1.82, 2.24) is 4.98 Å². The first-order chi connectivity index (χ1) is 19.1. The molecule has 3 aromatic carbocycles. The first-order valence-corrected chi connectivity index (χ1v) is 13.3. The second-order valence-electron chi connectivity index (χ2n) is 8.68. The summed E-state index contributed by atoms with van der Waals surface area (Å²) in [4.78, 5) is 32.4. The van der Waals surface area contributed by atoms with Gasteiger partial charge in [0.05, 0.1) is 18.2 Å². The number of amides is 1. The van der Waals surface area contributed by atoms with Gasteiger partial charge >= 0.3 is 0 Å². The fraction of sp³-hybridized carbons (Fsp3) is 0.129. The van der Waals surface area contributed by atoms with E-state index in [1.807, 2.05) is 67.6 Å². The fourth-order valence-corrected chi connectivity index (χ4v) is 5.02. The topological polar surface area (TPSA) is 89.0 Å². The number of aliphatic hydroxyl groups is 1. The number of aromatic nitrogens is 1. The molecular weight excluding hydrogens is 512 g/mol. The highest BCUT2D eigenvalue weighted by Gasteiger charge is 2.45. The molecule has 0 aliphatic carbocycles. The third-order valence-electron chi connectivity index (χ3n) is 6.15. The van der Waals surface area contributed by atoms with Gasteiger partial charge in [-0.25, -0.2) is 4.98 Å². The van der Waals surface area contributed by atoms with Gasteiger partial charge in [0.25, 0.3) is 5.91 Å². The number of thiazole rings is 1. The van der Waals surface area contributed by atoms with E-state index in [2.05, 4.69) is 4.98 Å². The Labute approximate surface area is 230 Å². The lowest BCUT2D eigenvalue weighted by atomic mass is 9.95. The van der Waals surface area contributed by atoms with Crippen LogP contribution in [0.5, 0.6) is 11.5 Å². The molecule has 2 heterocycles. The highest BCUT2D eigenvalue weighted by molar-refractivity contribution is 7.13. The monoisotopic (exact) mass is 538 g/mol. The van der Waals surface area contributed by atoms with E-state index >= 15 is 0 Å². The van der Waals surface area contributed by atoms with Crippen molar-refractivity contribution in [2.24, 2.45) is 0 Å². The van der Waals surface area contributed by atoms with Gasteiger partial charge in [0.1, 0.15) is 6.61 Å². The van der Waals surface area contributed by atoms with Crippen LogP contribution in [0.15, 0.2) is 108 Å². The van der Waals surface area contributed by atoms with Gasteiger partial charge in [-0.1, -0.05) is 72.8 Å². The van der Waals surface area contributed by atoms with E-state index in [4.69, 9.17) is 9.47 Å². The lowest BCUT2D eigenvalue weighted by Gasteiger charge is -2.25. The highest BCUT2D eigenvalue weighted by atomic mass is 32.1. The zero-order valence-corrected chi connectivity index (χ0v) is 22.0. The van der Waals surface area contributed by atoms with Crippen LogP contribution in [0.2, 0.25) is 0 Å². The number of aliphatic hydroxyl groups excluding tert-OH is 1. The zero-order chi connectivity index (χ0) is 27.2. The van der Waals surface area contributed by atoms with E-state index in [0.717, 1.165) is 11.1 Å². The summed E-state index contributed by atoms with van der Waals surface area (Å²) in [6.07, 6.45) is 4.60. The second-order valence-corrected chi connectivity index (χ2v) is 9.55. The number of anilines is 1. The standard InChI is InChI=1S/C31H26N2O5S/c1-2-37-26-19-23(14-16-25(26)38-20-22-11-7-4-8-12-22)28-27(24(34)15-13-21-9-5-3-6-10-21)29(35)30(36)33(28)31-32-17-18-39-31/h3-19,28,35H,2,20H2,1H3/b15-13+. The molecule has 0 saturated carbocycles. The van der Waals surface area contributed by atoms with Crippen LogP contribution in [-0.4, -0.2) is 28.4 Å². The number of hydrogen-bond acceptors (Lipinski definition) is 7. The maximum absolute atomic E-state index is 13.5. The molecule has 1 atom stereocenters. The maximum atomic E-state index is 13.5. The van der Waals surface area contributed by atoms with Gasteiger partial charge in [-0.3, -0.25) is 14.5 Å². The number of ether oxygens (including phenoxy) is 2. The molecule has 7 nitrogen and oxygen atoms in total. The van der Waals surface area contributed by atoms with E-state index in [-0.39, 0.29) is 5.57 Å². The number of carbonyl (C=O) groups excluding carboxylic acids is 2. The Morgan fingerprint density at radius 3 is 2.46 bits per heavy atom. The Morgan fingerprint density at radius 2 is 1.77 bits per heavy atom. The molecule has 1 aromatic heterocycles. The summed E-state index contributed by atoms with van der Waals surface area (Å²) in [5.74, 6) is -0.764. The molecule has 1 amide bonds. The Balaban J connectivity index is 1.52. The normalized spacial score (nSPS) is 15.3. The van der Waals surface area contributed by atoms with E-state index in [9.17, 15) is 14.7 Å². The molecule has 0 spiro atoms. The predicted molar refractivity (Wildman–Crippen MR) is 151 cm³/mol. The minimum Gasteiger partial charge on any atom is -0.503 e. The number of hydrogen-bond donors (Lipinski definition) is 1. The average Bonchev–Trinajstić information content (AvgIpc) is 3.59. The molecule has 0 saturated heterocycles. The van der Waals surface area contributed by atoms with Crippen molar-refractivity contribution in [1.29, 1.82) is 0 Å². The molecule has 0 radical (unpaired) electrons. The molecule has 0 bridgehead atoms.